The smallest absolute Gasteiger partial charge is 0.429 e. The Morgan fingerprint density at radius 3 is 1.59 bits per heavy atom. The predicted molar refractivity (Wildman–Crippen MR) is 109 cm³/mol. The van der Waals surface area contributed by atoms with E-state index in [1.54, 1.807) is 0 Å². The molecule has 0 aromatic rings. The van der Waals surface area contributed by atoms with Crippen molar-refractivity contribution in [3.8, 4) is 0 Å². The van der Waals surface area contributed by atoms with Crippen LogP contribution < -0.4 is 0 Å². The SMILES string of the molecule is O=C(OCC(Cl)(Cl)Cl)N1[C@H]2C=C[C@H](N1C(=O)OCC(Cl)(Cl)Cl)[C@]13CCCC[C@@]21O3. The minimum absolute atomic E-state index is 0.496. The highest BCUT2D eigenvalue weighted by Crippen LogP contribution is 2.67. The maximum absolute atomic E-state index is 12.9. The Bertz CT molecular complexity index is 695. The summed E-state index contributed by atoms with van der Waals surface area (Å²) in [5.41, 5.74) is -1.15. The van der Waals surface area contributed by atoms with Gasteiger partial charge in [0.25, 0.3) is 0 Å². The lowest BCUT2D eigenvalue weighted by Gasteiger charge is -2.53. The number of ether oxygens (including phenoxy) is 3. The van der Waals surface area contributed by atoms with Crippen molar-refractivity contribution < 1.29 is 23.8 Å². The van der Waals surface area contributed by atoms with Gasteiger partial charge in [-0.3, -0.25) is 0 Å². The molecule has 5 aliphatic rings. The van der Waals surface area contributed by atoms with Gasteiger partial charge in [0.05, 0.1) is 0 Å². The summed E-state index contributed by atoms with van der Waals surface area (Å²) in [6.07, 6.45) is 5.33. The summed E-state index contributed by atoms with van der Waals surface area (Å²) < 4.78 is 12.9. The van der Waals surface area contributed by atoms with E-state index < -0.39 is 56.3 Å². The first-order chi connectivity index (χ1) is 13.4. The Kier molecular flexibility index (Phi) is 5.55. The number of amides is 2. The van der Waals surface area contributed by atoms with Crippen molar-refractivity contribution >= 4 is 81.8 Å². The van der Waals surface area contributed by atoms with E-state index in [1.807, 2.05) is 12.2 Å². The van der Waals surface area contributed by atoms with Crippen LogP contribution in [0.15, 0.2) is 12.2 Å². The summed E-state index contributed by atoms with van der Waals surface area (Å²) in [4.78, 5) is 25.8. The van der Waals surface area contributed by atoms with E-state index in [4.69, 9.17) is 83.8 Å². The molecule has 0 N–H and O–H groups in total. The van der Waals surface area contributed by atoms with Crippen LogP contribution in [0.1, 0.15) is 25.7 Å². The number of alkyl halides is 6. The molecule has 0 radical (unpaired) electrons. The van der Waals surface area contributed by atoms with E-state index in [0.29, 0.717) is 0 Å². The lowest BCUT2D eigenvalue weighted by atomic mass is 9.67. The Labute approximate surface area is 196 Å². The number of halogens is 6. The fourth-order valence-corrected chi connectivity index (χ4v) is 5.01. The van der Waals surface area contributed by atoms with Crippen LogP contribution >= 0.6 is 69.6 Å². The molecule has 0 unspecified atom stereocenters. The highest BCUT2D eigenvalue weighted by atomic mass is 35.6. The summed E-state index contributed by atoms with van der Waals surface area (Å²) in [5, 5.41) is 2.30. The monoisotopic (exact) mass is 526 g/mol. The molecule has 2 bridgehead atoms. The van der Waals surface area contributed by atoms with Crippen LogP contribution in [0.5, 0.6) is 0 Å². The largest absolute Gasteiger partial charge is 0.444 e. The van der Waals surface area contributed by atoms with Crippen LogP contribution in [0.3, 0.4) is 0 Å². The number of hydrogen-bond acceptors (Lipinski definition) is 5. The lowest BCUT2D eigenvalue weighted by Crippen LogP contribution is -2.73. The Morgan fingerprint density at radius 1 is 0.862 bits per heavy atom. The molecule has 162 valence electrons. The summed E-state index contributed by atoms with van der Waals surface area (Å²) in [6.45, 7) is -0.992. The molecular weight excluding hydrogens is 513 g/mol. The maximum Gasteiger partial charge on any atom is 0.429 e. The fraction of sp³-hybridized carbons (Fsp3) is 0.750. The van der Waals surface area contributed by atoms with Crippen molar-refractivity contribution in [3.05, 3.63) is 12.2 Å². The van der Waals surface area contributed by atoms with Gasteiger partial charge in [-0.05, 0) is 12.8 Å². The van der Waals surface area contributed by atoms with E-state index in [-0.39, 0.29) is 0 Å². The molecule has 3 fully saturated rings. The Morgan fingerprint density at radius 2 is 1.24 bits per heavy atom. The molecule has 13 heteroatoms. The minimum atomic E-state index is -1.80. The summed E-state index contributed by atoms with van der Waals surface area (Å²) >= 11 is 34.1. The van der Waals surface area contributed by atoms with Gasteiger partial charge in [0.1, 0.15) is 36.5 Å². The zero-order valence-electron chi connectivity index (χ0n) is 14.8. The number of hydrazine groups is 1. The van der Waals surface area contributed by atoms with Crippen molar-refractivity contribution in [2.45, 2.75) is 56.6 Å². The van der Waals surface area contributed by atoms with E-state index in [2.05, 4.69) is 0 Å². The molecule has 2 saturated heterocycles. The highest BCUT2D eigenvalue weighted by Gasteiger charge is 2.83. The zero-order valence-corrected chi connectivity index (χ0v) is 19.3. The second-order valence-corrected chi connectivity index (χ2v) is 12.4. The molecule has 0 aromatic carbocycles. The van der Waals surface area contributed by atoms with Crippen LogP contribution in [0.4, 0.5) is 9.59 Å². The third-order valence-corrected chi connectivity index (χ3v) is 6.32. The molecule has 1 saturated carbocycles. The molecule has 29 heavy (non-hydrogen) atoms. The van der Waals surface area contributed by atoms with Crippen molar-refractivity contribution in [1.82, 2.24) is 10.0 Å². The van der Waals surface area contributed by atoms with Gasteiger partial charge in [0.2, 0.25) is 7.59 Å². The second-order valence-electron chi connectivity index (χ2n) is 7.39. The molecule has 7 nitrogen and oxygen atoms in total. The number of epoxide rings is 1. The molecule has 4 atom stereocenters. The van der Waals surface area contributed by atoms with Gasteiger partial charge in [-0.25, -0.2) is 19.6 Å². The number of carbonyl (C=O) groups is 2. The average Bonchev–Trinajstić information content (AvgIpc) is 3.36. The maximum atomic E-state index is 12.9. The number of rotatable bonds is 2. The molecule has 3 aliphatic heterocycles. The van der Waals surface area contributed by atoms with Crippen LogP contribution in [-0.2, 0) is 14.2 Å². The summed E-state index contributed by atoms with van der Waals surface area (Å²) in [7, 11) is 0. The van der Waals surface area contributed by atoms with Crippen LogP contribution in [0.2, 0.25) is 0 Å². The van der Waals surface area contributed by atoms with Crippen LogP contribution in [-0.4, -0.2) is 66.3 Å². The van der Waals surface area contributed by atoms with Crippen molar-refractivity contribution in [3.63, 3.8) is 0 Å². The number of fused-ring (bicyclic) bond motifs is 1. The first-order valence-electron chi connectivity index (χ1n) is 8.84. The molecule has 2 amide bonds. The third-order valence-electron chi connectivity index (χ3n) is 5.67. The third kappa shape index (κ3) is 3.75. The average molecular weight is 529 g/mol. The van der Waals surface area contributed by atoms with Crippen molar-refractivity contribution in [2.24, 2.45) is 0 Å². The quantitative estimate of drug-likeness (QED) is 0.289. The molecule has 0 aromatic heterocycles. The van der Waals surface area contributed by atoms with Gasteiger partial charge in [-0.15, -0.1) is 0 Å². The van der Waals surface area contributed by atoms with Gasteiger partial charge in [-0.1, -0.05) is 94.6 Å². The van der Waals surface area contributed by atoms with E-state index >= 15 is 0 Å². The lowest BCUT2D eigenvalue weighted by molar-refractivity contribution is -0.0973. The van der Waals surface area contributed by atoms with Crippen LogP contribution in [0, 0.1) is 0 Å². The number of carbonyl (C=O) groups excluding carboxylic acids is 2. The van der Waals surface area contributed by atoms with Crippen molar-refractivity contribution in [2.75, 3.05) is 13.2 Å². The van der Waals surface area contributed by atoms with Gasteiger partial charge in [-0.2, -0.15) is 0 Å². The second kappa shape index (κ2) is 7.26. The minimum Gasteiger partial charge on any atom is -0.444 e. The Hall–Kier alpha value is -0.0200. The van der Waals surface area contributed by atoms with E-state index in [0.717, 1.165) is 35.7 Å². The van der Waals surface area contributed by atoms with Gasteiger partial charge in [0.15, 0.2) is 0 Å². The first-order valence-corrected chi connectivity index (χ1v) is 11.1. The number of nitrogens with zero attached hydrogens (tertiary/aromatic N) is 2. The van der Waals surface area contributed by atoms with Crippen LogP contribution in [0.25, 0.3) is 0 Å². The van der Waals surface area contributed by atoms with Gasteiger partial charge < -0.3 is 14.2 Å². The fourth-order valence-electron chi connectivity index (χ4n) is 4.69. The van der Waals surface area contributed by atoms with E-state index in [9.17, 15) is 9.59 Å². The van der Waals surface area contributed by atoms with Gasteiger partial charge >= 0.3 is 12.2 Å². The zero-order chi connectivity index (χ0) is 21.2. The van der Waals surface area contributed by atoms with Crippen molar-refractivity contribution in [1.29, 1.82) is 0 Å². The molecule has 3 heterocycles. The molecular formula is C16H16Cl6N2O5. The predicted octanol–water partition coefficient (Wildman–Crippen LogP) is 4.92. The Balaban J connectivity index is 1.63. The topological polar surface area (TPSA) is 71.6 Å². The van der Waals surface area contributed by atoms with E-state index in [1.165, 1.54) is 0 Å². The number of hydrogen-bond donors (Lipinski definition) is 0. The first kappa shape index (κ1) is 22.2. The summed E-state index contributed by atoms with van der Waals surface area (Å²) in [6, 6.07) is -1.15. The molecule has 2 aliphatic carbocycles. The summed E-state index contributed by atoms with van der Waals surface area (Å²) in [5.74, 6) is 0. The molecule has 5 rings (SSSR count). The standard InChI is InChI=1S/C16H16Cl6N2O5/c17-15(18,19)7-27-11(25)23-9-3-4-10(14-6-2-1-5-13(9,14)29-14)24(23)12(26)28-8-16(20,21)22/h3-4,9-10H,1-2,5-8H2/t9-,10-,13+,14+/m0/s1. The normalized spacial score (nSPS) is 35.1. The van der Waals surface area contributed by atoms with Gasteiger partial charge in [0, 0.05) is 0 Å². The molecule has 0 spiro atoms. The highest BCUT2D eigenvalue weighted by molar-refractivity contribution is 6.68.